The summed E-state index contributed by atoms with van der Waals surface area (Å²) in [6.07, 6.45) is 2.35. The number of carbonyl (C=O) groups is 1. The molecule has 1 atom stereocenters. The minimum Gasteiger partial charge on any atom is -0.493 e. The molecule has 8 nitrogen and oxygen atoms in total. The molecular weight excluding hydrogens is 538 g/mol. The highest BCUT2D eigenvalue weighted by atomic mass is 79.9. The Bertz CT molecular complexity index is 1530. The van der Waals surface area contributed by atoms with Gasteiger partial charge in [0.25, 0.3) is 5.56 Å². The standard InChI is InChI=1S/C28H26BrN3O5/c1-4-17(2)26-31-23-13-12-21(29)14-22(23)27(33)32(26)30-15-20-6-5-7-24(36-3)25(20)37-16-18-8-10-19(11-9-18)28(34)35/h5-15,17H,4,16H2,1-3H3,(H,34,35)/t17-/m0/s1. The minimum absolute atomic E-state index is 0.00713. The van der Waals surface area contributed by atoms with E-state index in [4.69, 9.17) is 19.6 Å². The average molecular weight is 564 g/mol. The van der Waals surface area contributed by atoms with Crippen LogP contribution in [0.15, 0.2) is 75.0 Å². The van der Waals surface area contributed by atoms with Crippen LogP contribution in [0.4, 0.5) is 0 Å². The van der Waals surface area contributed by atoms with Gasteiger partial charge in [0.2, 0.25) is 0 Å². The van der Waals surface area contributed by atoms with Crippen LogP contribution >= 0.6 is 15.9 Å². The maximum absolute atomic E-state index is 13.4. The van der Waals surface area contributed by atoms with Crippen molar-refractivity contribution in [1.82, 2.24) is 9.66 Å². The Hall–Kier alpha value is -3.98. The normalized spacial score (nSPS) is 12.1. The van der Waals surface area contributed by atoms with Crippen molar-refractivity contribution in [1.29, 1.82) is 0 Å². The number of ether oxygens (including phenoxy) is 2. The fourth-order valence-electron chi connectivity index (χ4n) is 3.75. The van der Waals surface area contributed by atoms with Gasteiger partial charge in [-0.1, -0.05) is 48.0 Å². The zero-order valence-electron chi connectivity index (χ0n) is 20.6. The molecule has 4 rings (SSSR count). The molecule has 0 aliphatic heterocycles. The van der Waals surface area contributed by atoms with Gasteiger partial charge < -0.3 is 14.6 Å². The molecule has 1 heterocycles. The van der Waals surface area contributed by atoms with Crippen molar-refractivity contribution in [3.05, 3.63) is 98.0 Å². The fraction of sp³-hybridized carbons (Fsp3) is 0.214. The van der Waals surface area contributed by atoms with Crippen LogP contribution in [0, 0.1) is 0 Å². The van der Waals surface area contributed by atoms with Crippen molar-refractivity contribution in [3.8, 4) is 11.5 Å². The number of para-hydroxylation sites is 1. The maximum atomic E-state index is 13.4. The van der Waals surface area contributed by atoms with Crippen LogP contribution in [0.3, 0.4) is 0 Å². The van der Waals surface area contributed by atoms with Gasteiger partial charge in [-0.05, 0) is 54.4 Å². The second-order valence-electron chi connectivity index (χ2n) is 8.47. The number of halogens is 1. The van der Waals surface area contributed by atoms with Gasteiger partial charge in [-0.2, -0.15) is 9.78 Å². The first-order valence-electron chi connectivity index (χ1n) is 11.7. The van der Waals surface area contributed by atoms with Gasteiger partial charge in [-0.15, -0.1) is 0 Å². The molecule has 0 saturated heterocycles. The summed E-state index contributed by atoms with van der Waals surface area (Å²) in [6, 6.07) is 17.3. The quantitative estimate of drug-likeness (QED) is 0.256. The molecule has 0 bridgehead atoms. The monoisotopic (exact) mass is 563 g/mol. The van der Waals surface area contributed by atoms with Crippen molar-refractivity contribution in [3.63, 3.8) is 0 Å². The van der Waals surface area contributed by atoms with Crippen LogP contribution in [0.2, 0.25) is 0 Å². The van der Waals surface area contributed by atoms with Gasteiger partial charge in [0.05, 0.1) is 29.8 Å². The summed E-state index contributed by atoms with van der Waals surface area (Å²) in [6.45, 7) is 4.23. The lowest BCUT2D eigenvalue weighted by molar-refractivity contribution is 0.0697. The first-order valence-corrected chi connectivity index (χ1v) is 12.5. The summed E-state index contributed by atoms with van der Waals surface area (Å²) in [4.78, 5) is 29.3. The summed E-state index contributed by atoms with van der Waals surface area (Å²) < 4.78 is 13.7. The number of carboxylic acids is 1. The number of methoxy groups -OCH3 is 1. The van der Waals surface area contributed by atoms with Crippen molar-refractivity contribution >= 4 is 39.0 Å². The molecule has 190 valence electrons. The van der Waals surface area contributed by atoms with E-state index in [-0.39, 0.29) is 23.6 Å². The van der Waals surface area contributed by atoms with Gasteiger partial charge in [0, 0.05) is 16.0 Å². The Kier molecular flexibility index (Phi) is 8.03. The molecule has 37 heavy (non-hydrogen) atoms. The predicted octanol–water partition coefficient (Wildman–Crippen LogP) is 5.84. The lowest BCUT2D eigenvalue weighted by atomic mass is 10.1. The molecule has 0 amide bonds. The lowest BCUT2D eigenvalue weighted by Crippen LogP contribution is -2.23. The van der Waals surface area contributed by atoms with Crippen molar-refractivity contribution in [2.75, 3.05) is 7.11 Å². The highest BCUT2D eigenvalue weighted by molar-refractivity contribution is 9.10. The minimum atomic E-state index is -0.988. The largest absolute Gasteiger partial charge is 0.493 e. The van der Waals surface area contributed by atoms with Gasteiger partial charge in [0.1, 0.15) is 12.4 Å². The summed E-state index contributed by atoms with van der Waals surface area (Å²) in [7, 11) is 1.54. The predicted molar refractivity (Wildman–Crippen MR) is 146 cm³/mol. The fourth-order valence-corrected chi connectivity index (χ4v) is 4.11. The van der Waals surface area contributed by atoms with Gasteiger partial charge in [-0.25, -0.2) is 9.78 Å². The molecule has 1 aromatic heterocycles. The van der Waals surface area contributed by atoms with Crippen LogP contribution in [-0.4, -0.2) is 34.1 Å². The van der Waals surface area contributed by atoms with E-state index in [0.717, 1.165) is 16.5 Å². The first-order chi connectivity index (χ1) is 17.8. The number of fused-ring (bicyclic) bond motifs is 1. The van der Waals surface area contributed by atoms with E-state index >= 15 is 0 Å². The molecule has 9 heteroatoms. The molecule has 0 fully saturated rings. The number of aromatic carboxylic acids is 1. The van der Waals surface area contributed by atoms with Crippen molar-refractivity contribution < 1.29 is 19.4 Å². The third kappa shape index (κ3) is 5.72. The van der Waals surface area contributed by atoms with Crippen LogP contribution < -0.4 is 15.0 Å². The third-order valence-electron chi connectivity index (χ3n) is 6.01. The Labute approximate surface area is 222 Å². The molecule has 0 unspecified atom stereocenters. The zero-order chi connectivity index (χ0) is 26.5. The van der Waals surface area contributed by atoms with Crippen LogP contribution in [0.1, 0.15) is 53.5 Å². The molecule has 0 aliphatic rings. The lowest BCUT2D eigenvalue weighted by Gasteiger charge is -2.15. The Balaban J connectivity index is 1.73. The summed E-state index contributed by atoms with van der Waals surface area (Å²) in [5.41, 5.74) is 1.96. The number of rotatable bonds is 9. The number of hydrogen-bond acceptors (Lipinski definition) is 6. The number of aromatic nitrogens is 2. The summed E-state index contributed by atoms with van der Waals surface area (Å²) in [5, 5.41) is 14.1. The van der Waals surface area contributed by atoms with Crippen LogP contribution in [-0.2, 0) is 6.61 Å². The second-order valence-corrected chi connectivity index (χ2v) is 9.39. The summed E-state index contributed by atoms with van der Waals surface area (Å²) in [5.74, 6) is 0.542. The SMILES string of the molecule is CC[C@H](C)c1nc2ccc(Br)cc2c(=O)n1N=Cc1cccc(OC)c1OCc1ccc(C(=O)O)cc1. The zero-order valence-corrected chi connectivity index (χ0v) is 22.2. The first kappa shape index (κ1) is 26.1. The van der Waals surface area contributed by atoms with E-state index in [2.05, 4.69) is 21.0 Å². The smallest absolute Gasteiger partial charge is 0.335 e. The van der Waals surface area contributed by atoms with Gasteiger partial charge in [-0.3, -0.25) is 4.79 Å². The number of nitrogens with zero attached hydrogens (tertiary/aromatic N) is 3. The van der Waals surface area contributed by atoms with E-state index < -0.39 is 5.97 Å². The molecular formula is C28H26BrN3O5. The van der Waals surface area contributed by atoms with E-state index in [9.17, 15) is 9.59 Å². The molecule has 4 aromatic rings. The molecule has 0 spiro atoms. The van der Waals surface area contributed by atoms with Crippen LogP contribution in [0.25, 0.3) is 10.9 Å². The number of benzene rings is 3. The Morgan fingerprint density at radius 2 is 1.95 bits per heavy atom. The molecule has 0 saturated carbocycles. The maximum Gasteiger partial charge on any atom is 0.335 e. The average Bonchev–Trinajstić information content (AvgIpc) is 2.91. The van der Waals surface area contributed by atoms with Gasteiger partial charge >= 0.3 is 5.97 Å². The number of hydrogen-bond donors (Lipinski definition) is 1. The molecule has 0 aliphatic carbocycles. The molecule has 1 N–H and O–H groups in total. The molecule has 3 aromatic carbocycles. The van der Waals surface area contributed by atoms with Crippen LogP contribution in [0.5, 0.6) is 11.5 Å². The highest BCUT2D eigenvalue weighted by Crippen LogP contribution is 2.31. The topological polar surface area (TPSA) is 103 Å². The van der Waals surface area contributed by atoms with E-state index in [0.29, 0.717) is 33.8 Å². The van der Waals surface area contributed by atoms with Crippen molar-refractivity contribution in [2.24, 2.45) is 5.10 Å². The van der Waals surface area contributed by atoms with Gasteiger partial charge in [0.15, 0.2) is 11.5 Å². The Morgan fingerprint density at radius 1 is 1.19 bits per heavy atom. The van der Waals surface area contributed by atoms with E-state index in [1.54, 1.807) is 37.6 Å². The second kappa shape index (κ2) is 11.4. The summed E-state index contributed by atoms with van der Waals surface area (Å²) >= 11 is 3.43. The van der Waals surface area contributed by atoms with Crippen molar-refractivity contribution in [2.45, 2.75) is 32.8 Å². The Morgan fingerprint density at radius 3 is 2.62 bits per heavy atom. The van der Waals surface area contributed by atoms with E-state index in [1.807, 2.05) is 38.1 Å². The number of carboxylic acid groups (broad SMARTS) is 1. The third-order valence-corrected chi connectivity index (χ3v) is 6.51. The molecule has 0 radical (unpaired) electrons. The van der Waals surface area contributed by atoms with E-state index in [1.165, 1.54) is 16.8 Å². The highest BCUT2D eigenvalue weighted by Gasteiger charge is 2.16.